The molecule has 0 spiro atoms. The van der Waals surface area contributed by atoms with E-state index in [0.29, 0.717) is 5.67 Å². The highest BCUT2D eigenvalue weighted by molar-refractivity contribution is 6.79. The van der Waals surface area contributed by atoms with Crippen LogP contribution in [0.25, 0.3) is 0 Å². The van der Waals surface area contributed by atoms with Gasteiger partial charge in [-0.15, -0.1) is 0 Å². The monoisotopic (exact) mass is 190 g/mol. The van der Waals surface area contributed by atoms with Crippen molar-refractivity contribution in [1.29, 1.82) is 0 Å². The Kier molecular flexibility index (Phi) is 4.54. The summed E-state index contributed by atoms with van der Waals surface area (Å²) in [6, 6.07) is 0. The fourth-order valence-corrected chi connectivity index (χ4v) is 6.89. The Hall–Kier alpha value is 0.354. The second-order valence-corrected chi connectivity index (χ2v) is 10.2. The molecule has 1 atom stereocenters. The maximum Gasteiger partial charge on any atom is 0.191 e. The summed E-state index contributed by atoms with van der Waals surface area (Å²) in [4.78, 5) is 0. The first-order valence-electron chi connectivity index (χ1n) is 4.15. The van der Waals surface area contributed by atoms with E-state index in [9.17, 15) is 0 Å². The average molecular weight is 190 g/mol. The molecule has 1 unspecified atom stereocenters. The summed E-state index contributed by atoms with van der Waals surface area (Å²) in [6.07, 6.45) is 1.04. The van der Waals surface area contributed by atoms with Crippen LogP contribution in [0.15, 0.2) is 0 Å². The molecule has 0 heterocycles. The first-order valence-corrected chi connectivity index (χ1v) is 9.54. The SMILES string of the molecule is CCC(N)[Si](C)(C)O[Si](C)C. The second kappa shape index (κ2) is 4.40. The first-order chi connectivity index (χ1) is 4.90. The summed E-state index contributed by atoms with van der Waals surface area (Å²) in [6.45, 7) is 10.9. The normalized spacial score (nSPS) is 15.5. The zero-order valence-electron chi connectivity index (χ0n) is 8.27. The molecule has 0 aliphatic heterocycles. The fraction of sp³-hybridized carbons (Fsp3) is 1.00. The second-order valence-electron chi connectivity index (χ2n) is 3.63. The minimum absolute atomic E-state index is 0.294. The number of rotatable bonds is 4. The molecule has 0 aliphatic rings. The highest BCUT2D eigenvalue weighted by Gasteiger charge is 2.30. The van der Waals surface area contributed by atoms with Gasteiger partial charge in [0.1, 0.15) is 0 Å². The molecule has 67 valence electrons. The fourth-order valence-electron chi connectivity index (χ4n) is 1.09. The lowest BCUT2D eigenvalue weighted by molar-refractivity contribution is 0.540. The summed E-state index contributed by atoms with van der Waals surface area (Å²) < 4.78 is 5.91. The van der Waals surface area contributed by atoms with Gasteiger partial charge in [0.05, 0.1) is 0 Å². The largest absolute Gasteiger partial charge is 0.455 e. The molecule has 0 rings (SSSR count). The smallest absolute Gasteiger partial charge is 0.191 e. The van der Waals surface area contributed by atoms with Crippen molar-refractivity contribution in [3.05, 3.63) is 0 Å². The van der Waals surface area contributed by atoms with Crippen LogP contribution in [0.2, 0.25) is 26.2 Å². The zero-order valence-corrected chi connectivity index (χ0v) is 10.3. The molecule has 11 heavy (non-hydrogen) atoms. The Labute approximate surface area is 73.0 Å². The van der Waals surface area contributed by atoms with Gasteiger partial charge in [-0.1, -0.05) is 6.92 Å². The number of nitrogens with two attached hydrogens (primary N) is 1. The Balaban J connectivity index is 3.98. The third kappa shape index (κ3) is 4.05. The first kappa shape index (κ1) is 11.4. The molecule has 0 aromatic rings. The van der Waals surface area contributed by atoms with E-state index in [1.54, 1.807) is 0 Å². The minimum Gasteiger partial charge on any atom is -0.455 e. The highest BCUT2D eigenvalue weighted by Crippen LogP contribution is 2.12. The summed E-state index contributed by atoms with van der Waals surface area (Å²) in [7, 11) is -2.11. The van der Waals surface area contributed by atoms with Crippen molar-refractivity contribution < 1.29 is 4.12 Å². The number of hydrogen-bond acceptors (Lipinski definition) is 2. The van der Waals surface area contributed by atoms with Crippen LogP contribution in [-0.4, -0.2) is 23.0 Å². The van der Waals surface area contributed by atoms with Gasteiger partial charge in [-0.3, -0.25) is 0 Å². The van der Waals surface area contributed by atoms with E-state index in [2.05, 4.69) is 33.1 Å². The Morgan fingerprint density at radius 1 is 1.45 bits per heavy atom. The molecule has 0 fully saturated rings. The molecule has 2 nitrogen and oxygen atoms in total. The van der Waals surface area contributed by atoms with Crippen LogP contribution in [0.1, 0.15) is 13.3 Å². The molecule has 0 aromatic carbocycles. The quantitative estimate of drug-likeness (QED) is 0.685. The van der Waals surface area contributed by atoms with E-state index in [-0.39, 0.29) is 0 Å². The summed E-state index contributed by atoms with van der Waals surface area (Å²) in [5.74, 6) is 0. The molecule has 0 aliphatic carbocycles. The lowest BCUT2D eigenvalue weighted by Gasteiger charge is -2.30. The highest BCUT2D eigenvalue weighted by atomic mass is 28.4. The van der Waals surface area contributed by atoms with Crippen LogP contribution in [0.3, 0.4) is 0 Å². The lowest BCUT2D eigenvalue weighted by atomic mass is 10.5. The van der Waals surface area contributed by atoms with Crippen molar-refractivity contribution in [2.45, 2.75) is 45.2 Å². The third-order valence-corrected chi connectivity index (χ3v) is 7.73. The van der Waals surface area contributed by atoms with Gasteiger partial charge in [-0.2, -0.15) is 0 Å². The maximum absolute atomic E-state index is 5.95. The van der Waals surface area contributed by atoms with Gasteiger partial charge in [0.25, 0.3) is 0 Å². The standard InChI is InChI=1S/C7H20NOSi2/c1-6-7(8)11(4,5)9-10(2)3/h7H,6,8H2,1-5H3. The molecule has 0 amide bonds. The zero-order chi connectivity index (χ0) is 9.07. The van der Waals surface area contributed by atoms with Gasteiger partial charge in [0.15, 0.2) is 17.4 Å². The van der Waals surface area contributed by atoms with Crippen LogP contribution >= 0.6 is 0 Å². The Morgan fingerprint density at radius 2 is 1.91 bits per heavy atom. The molecule has 4 heteroatoms. The van der Waals surface area contributed by atoms with E-state index in [1.807, 2.05) is 0 Å². The van der Waals surface area contributed by atoms with E-state index in [0.717, 1.165) is 6.42 Å². The van der Waals surface area contributed by atoms with E-state index in [1.165, 1.54) is 0 Å². The van der Waals surface area contributed by atoms with Crippen LogP contribution in [0.4, 0.5) is 0 Å². The average Bonchev–Trinajstić information content (AvgIpc) is 1.83. The number of hydrogen-bond donors (Lipinski definition) is 1. The summed E-state index contributed by atoms with van der Waals surface area (Å²) >= 11 is 0. The molecule has 1 radical (unpaired) electrons. The molecule has 0 saturated carbocycles. The molecular weight excluding hydrogens is 170 g/mol. The van der Waals surface area contributed by atoms with Crippen LogP contribution in [0.5, 0.6) is 0 Å². The minimum atomic E-state index is -1.55. The van der Waals surface area contributed by atoms with Crippen molar-refractivity contribution in [1.82, 2.24) is 0 Å². The van der Waals surface area contributed by atoms with Crippen LogP contribution in [-0.2, 0) is 4.12 Å². The van der Waals surface area contributed by atoms with Crippen molar-refractivity contribution in [2.24, 2.45) is 5.73 Å². The van der Waals surface area contributed by atoms with Crippen LogP contribution < -0.4 is 5.73 Å². The third-order valence-electron chi connectivity index (χ3n) is 1.80. The van der Waals surface area contributed by atoms with Crippen molar-refractivity contribution in [3.8, 4) is 0 Å². The lowest BCUT2D eigenvalue weighted by Crippen LogP contribution is -2.52. The van der Waals surface area contributed by atoms with E-state index >= 15 is 0 Å². The predicted molar refractivity (Wildman–Crippen MR) is 54.3 cm³/mol. The Bertz CT molecular complexity index is 117. The van der Waals surface area contributed by atoms with Crippen molar-refractivity contribution in [2.75, 3.05) is 0 Å². The molecule has 2 N–H and O–H groups in total. The van der Waals surface area contributed by atoms with Crippen molar-refractivity contribution in [3.63, 3.8) is 0 Å². The maximum atomic E-state index is 5.95. The molecular formula is C7H20NOSi2. The van der Waals surface area contributed by atoms with Gasteiger partial charge in [0.2, 0.25) is 0 Å². The molecule has 0 saturated heterocycles. The van der Waals surface area contributed by atoms with Crippen LogP contribution in [0, 0.1) is 0 Å². The summed E-state index contributed by atoms with van der Waals surface area (Å²) in [5.41, 5.74) is 6.25. The predicted octanol–water partition coefficient (Wildman–Crippen LogP) is 1.74. The topological polar surface area (TPSA) is 35.2 Å². The van der Waals surface area contributed by atoms with Crippen molar-refractivity contribution >= 4 is 17.4 Å². The Morgan fingerprint density at radius 3 is 2.18 bits per heavy atom. The van der Waals surface area contributed by atoms with E-state index < -0.39 is 17.4 Å². The van der Waals surface area contributed by atoms with Gasteiger partial charge >= 0.3 is 0 Å². The molecule has 0 aromatic heterocycles. The van der Waals surface area contributed by atoms with Gasteiger partial charge in [-0.25, -0.2) is 0 Å². The van der Waals surface area contributed by atoms with Gasteiger partial charge in [-0.05, 0) is 32.6 Å². The van der Waals surface area contributed by atoms with Gasteiger partial charge < -0.3 is 9.85 Å². The van der Waals surface area contributed by atoms with Gasteiger partial charge in [0, 0.05) is 5.67 Å². The van der Waals surface area contributed by atoms with E-state index in [4.69, 9.17) is 9.85 Å². The molecule has 0 bridgehead atoms. The summed E-state index contributed by atoms with van der Waals surface area (Å²) in [5, 5.41) is 0.